The van der Waals surface area contributed by atoms with Gasteiger partial charge in [-0.15, -0.1) is 0 Å². The van der Waals surface area contributed by atoms with E-state index < -0.39 is 0 Å². The SMILES string of the molecule is CCCCCCC(C1CCC(O)C(C)C1)C1CCC(O)C(C)C1. The van der Waals surface area contributed by atoms with Crippen molar-refractivity contribution >= 4 is 0 Å². The van der Waals surface area contributed by atoms with Gasteiger partial charge in [0.25, 0.3) is 0 Å². The molecule has 2 aliphatic rings. The van der Waals surface area contributed by atoms with Crippen LogP contribution in [0.5, 0.6) is 0 Å². The number of aliphatic hydroxyl groups excluding tert-OH is 2. The van der Waals surface area contributed by atoms with E-state index in [1.54, 1.807) is 0 Å². The molecule has 6 atom stereocenters. The molecule has 0 aromatic heterocycles. The summed E-state index contributed by atoms with van der Waals surface area (Å²) in [6, 6.07) is 0. The summed E-state index contributed by atoms with van der Waals surface area (Å²) in [5, 5.41) is 20.2. The molecule has 2 heteroatoms. The van der Waals surface area contributed by atoms with E-state index in [9.17, 15) is 10.2 Å². The predicted molar refractivity (Wildman–Crippen MR) is 97.3 cm³/mol. The lowest BCUT2D eigenvalue weighted by Crippen LogP contribution is -2.37. The molecule has 136 valence electrons. The van der Waals surface area contributed by atoms with E-state index in [2.05, 4.69) is 20.8 Å². The molecule has 2 N–H and O–H groups in total. The van der Waals surface area contributed by atoms with E-state index in [1.807, 2.05) is 0 Å². The molecule has 0 aromatic carbocycles. The van der Waals surface area contributed by atoms with Gasteiger partial charge < -0.3 is 10.2 Å². The molecule has 0 amide bonds. The van der Waals surface area contributed by atoms with Gasteiger partial charge in [0.05, 0.1) is 12.2 Å². The second kappa shape index (κ2) is 9.42. The highest BCUT2D eigenvalue weighted by molar-refractivity contribution is 4.88. The summed E-state index contributed by atoms with van der Waals surface area (Å²) in [5.41, 5.74) is 0. The van der Waals surface area contributed by atoms with Gasteiger partial charge in [-0.1, -0.05) is 46.5 Å². The van der Waals surface area contributed by atoms with Crippen LogP contribution in [0.15, 0.2) is 0 Å². The van der Waals surface area contributed by atoms with Crippen LogP contribution in [-0.2, 0) is 0 Å². The summed E-state index contributed by atoms with van der Waals surface area (Å²) in [6.07, 6.45) is 13.5. The minimum atomic E-state index is -0.0703. The maximum atomic E-state index is 10.1. The van der Waals surface area contributed by atoms with Gasteiger partial charge in [0.1, 0.15) is 0 Å². The Bertz CT molecular complexity index is 304. The Kier molecular flexibility index (Phi) is 7.88. The Morgan fingerprint density at radius 2 is 1.30 bits per heavy atom. The second-order valence-corrected chi connectivity index (χ2v) is 8.75. The summed E-state index contributed by atoms with van der Waals surface area (Å²) >= 11 is 0. The van der Waals surface area contributed by atoms with Crippen LogP contribution in [0.2, 0.25) is 0 Å². The fraction of sp³-hybridized carbons (Fsp3) is 1.00. The maximum absolute atomic E-state index is 10.1. The second-order valence-electron chi connectivity index (χ2n) is 8.75. The molecule has 2 aliphatic carbocycles. The van der Waals surface area contributed by atoms with Gasteiger partial charge in [-0.25, -0.2) is 0 Å². The third-order valence-electron chi connectivity index (χ3n) is 6.93. The molecule has 0 aliphatic heterocycles. The molecular formula is C21H40O2. The van der Waals surface area contributed by atoms with Crippen molar-refractivity contribution in [2.45, 2.75) is 104 Å². The third kappa shape index (κ3) is 5.46. The molecule has 2 nitrogen and oxygen atoms in total. The maximum Gasteiger partial charge on any atom is 0.0566 e. The first-order valence-corrected chi connectivity index (χ1v) is 10.4. The summed E-state index contributed by atoms with van der Waals surface area (Å²) < 4.78 is 0. The van der Waals surface area contributed by atoms with Crippen molar-refractivity contribution in [2.24, 2.45) is 29.6 Å². The molecule has 23 heavy (non-hydrogen) atoms. The van der Waals surface area contributed by atoms with Gasteiger partial charge in [-0.05, 0) is 74.5 Å². The van der Waals surface area contributed by atoms with E-state index in [-0.39, 0.29) is 12.2 Å². The van der Waals surface area contributed by atoms with Crippen LogP contribution in [0.3, 0.4) is 0 Å². The van der Waals surface area contributed by atoms with E-state index in [4.69, 9.17) is 0 Å². The molecule has 0 bridgehead atoms. The minimum Gasteiger partial charge on any atom is -0.393 e. The fourth-order valence-electron chi connectivity index (χ4n) is 5.28. The van der Waals surface area contributed by atoms with Gasteiger partial charge in [0.2, 0.25) is 0 Å². The van der Waals surface area contributed by atoms with Crippen molar-refractivity contribution in [3.63, 3.8) is 0 Å². The number of rotatable bonds is 7. The molecule has 2 saturated carbocycles. The van der Waals surface area contributed by atoms with Crippen LogP contribution in [0, 0.1) is 29.6 Å². The zero-order valence-electron chi connectivity index (χ0n) is 15.7. The van der Waals surface area contributed by atoms with E-state index in [0.29, 0.717) is 11.8 Å². The number of unbranched alkanes of at least 4 members (excludes halogenated alkanes) is 3. The summed E-state index contributed by atoms with van der Waals surface area (Å²) in [4.78, 5) is 0. The molecule has 0 spiro atoms. The van der Waals surface area contributed by atoms with Crippen LogP contribution in [-0.4, -0.2) is 22.4 Å². The molecule has 0 saturated heterocycles. The Labute approximate surface area is 144 Å². The number of hydrogen-bond acceptors (Lipinski definition) is 2. The standard InChI is InChI=1S/C21H40O2/c1-4-5-6-7-8-19(17-9-11-20(22)15(2)13-17)18-10-12-21(23)16(3)14-18/h15-23H,4-14H2,1-3H3. The lowest BCUT2D eigenvalue weighted by Gasteiger charge is -2.43. The molecule has 0 radical (unpaired) electrons. The molecule has 6 unspecified atom stereocenters. The van der Waals surface area contributed by atoms with Gasteiger partial charge >= 0.3 is 0 Å². The molecule has 0 heterocycles. The average Bonchev–Trinajstić information content (AvgIpc) is 2.53. The molecular weight excluding hydrogens is 284 g/mol. The third-order valence-corrected chi connectivity index (χ3v) is 6.93. The smallest absolute Gasteiger partial charge is 0.0566 e. The van der Waals surface area contributed by atoms with Crippen LogP contribution in [0.25, 0.3) is 0 Å². The first-order chi connectivity index (χ1) is 11.0. The van der Waals surface area contributed by atoms with Crippen molar-refractivity contribution < 1.29 is 10.2 Å². The summed E-state index contributed by atoms with van der Waals surface area (Å²) in [5.74, 6) is 3.39. The average molecular weight is 325 g/mol. The van der Waals surface area contributed by atoms with Gasteiger partial charge in [0.15, 0.2) is 0 Å². The van der Waals surface area contributed by atoms with Gasteiger partial charge in [0, 0.05) is 0 Å². The van der Waals surface area contributed by atoms with Crippen molar-refractivity contribution in [2.75, 3.05) is 0 Å². The molecule has 0 aromatic rings. The lowest BCUT2D eigenvalue weighted by atomic mass is 9.64. The van der Waals surface area contributed by atoms with Gasteiger partial charge in [-0.2, -0.15) is 0 Å². The summed E-state index contributed by atoms with van der Waals surface area (Å²) in [7, 11) is 0. The Balaban J connectivity index is 1.96. The normalized spacial score (nSPS) is 40.0. The zero-order valence-corrected chi connectivity index (χ0v) is 15.7. The van der Waals surface area contributed by atoms with E-state index in [0.717, 1.165) is 30.6 Å². The van der Waals surface area contributed by atoms with Crippen molar-refractivity contribution in [1.82, 2.24) is 0 Å². The van der Waals surface area contributed by atoms with Crippen LogP contribution < -0.4 is 0 Å². The first kappa shape index (κ1) is 19.2. The highest BCUT2D eigenvalue weighted by Crippen LogP contribution is 2.45. The highest BCUT2D eigenvalue weighted by Gasteiger charge is 2.37. The van der Waals surface area contributed by atoms with Crippen molar-refractivity contribution in [3.8, 4) is 0 Å². The van der Waals surface area contributed by atoms with Crippen LogP contribution in [0.4, 0.5) is 0 Å². The first-order valence-electron chi connectivity index (χ1n) is 10.4. The van der Waals surface area contributed by atoms with Gasteiger partial charge in [-0.3, -0.25) is 0 Å². The fourth-order valence-corrected chi connectivity index (χ4v) is 5.28. The lowest BCUT2D eigenvalue weighted by molar-refractivity contribution is -0.000734. The molecule has 2 fully saturated rings. The highest BCUT2D eigenvalue weighted by atomic mass is 16.3. The molecule has 2 rings (SSSR count). The zero-order chi connectivity index (χ0) is 16.8. The van der Waals surface area contributed by atoms with E-state index >= 15 is 0 Å². The van der Waals surface area contributed by atoms with Crippen molar-refractivity contribution in [3.05, 3.63) is 0 Å². The largest absolute Gasteiger partial charge is 0.393 e. The number of hydrogen-bond donors (Lipinski definition) is 2. The van der Waals surface area contributed by atoms with Crippen LogP contribution >= 0.6 is 0 Å². The quantitative estimate of drug-likeness (QED) is 0.634. The van der Waals surface area contributed by atoms with Crippen LogP contribution in [0.1, 0.15) is 91.4 Å². The monoisotopic (exact) mass is 324 g/mol. The Morgan fingerprint density at radius 1 is 0.783 bits per heavy atom. The Hall–Kier alpha value is -0.0800. The summed E-state index contributed by atoms with van der Waals surface area (Å²) in [6.45, 7) is 6.75. The Morgan fingerprint density at radius 3 is 1.74 bits per heavy atom. The van der Waals surface area contributed by atoms with E-state index in [1.165, 1.54) is 57.8 Å². The minimum absolute atomic E-state index is 0.0703. The van der Waals surface area contributed by atoms with Crippen molar-refractivity contribution in [1.29, 1.82) is 0 Å². The topological polar surface area (TPSA) is 40.5 Å². The number of aliphatic hydroxyl groups is 2. The predicted octanol–water partition coefficient (Wildman–Crippen LogP) is 5.17.